The van der Waals surface area contributed by atoms with Gasteiger partial charge >= 0.3 is 0 Å². The Kier molecular flexibility index (Phi) is 8.88. The number of rotatable bonds is 7. The van der Waals surface area contributed by atoms with Gasteiger partial charge in [-0.15, -0.1) is 6.58 Å². The predicted octanol–water partition coefficient (Wildman–Crippen LogP) is 7.21. The van der Waals surface area contributed by atoms with Crippen molar-refractivity contribution >= 4 is 34.5 Å². The topological polar surface area (TPSA) is 72.3 Å². The molecule has 0 bridgehead atoms. The summed E-state index contributed by atoms with van der Waals surface area (Å²) < 4.78 is 8.62. The second kappa shape index (κ2) is 12.5. The van der Waals surface area contributed by atoms with E-state index in [0.29, 0.717) is 22.5 Å². The van der Waals surface area contributed by atoms with E-state index in [1.807, 2.05) is 25.1 Å². The van der Waals surface area contributed by atoms with Gasteiger partial charge in [0.1, 0.15) is 5.75 Å². The van der Waals surface area contributed by atoms with E-state index in [9.17, 15) is 4.79 Å². The van der Waals surface area contributed by atoms with Gasteiger partial charge in [0.25, 0.3) is 5.91 Å². The molecule has 2 aliphatic rings. The first-order valence-corrected chi connectivity index (χ1v) is 14.7. The van der Waals surface area contributed by atoms with Crippen molar-refractivity contribution in [2.24, 2.45) is 5.92 Å². The summed E-state index contributed by atoms with van der Waals surface area (Å²) in [6.07, 6.45) is 12.8. The monoisotopic (exact) mass is 549 g/mol. The number of aryl methyl sites for hydroxylation is 1. The van der Waals surface area contributed by atoms with Crippen LogP contribution in [0.4, 0.5) is 5.95 Å². The van der Waals surface area contributed by atoms with E-state index in [-0.39, 0.29) is 18.1 Å². The van der Waals surface area contributed by atoms with Crippen molar-refractivity contribution in [1.82, 2.24) is 19.4 Å². The molecule has 3 atom stereocenters. The van der Waals surface area contributed by atoms with Gasteiger partial charge in [0.15, 0.2) is 0 Å². The minimum atomic E-state index is -0.214. The maximum Gasteiger partial charge on any atom is 0.258 e. The molecule has 3 aromatic rings. The number of fused-ring (bicyclic) bond motifs is 1. The number of amides is 1. The Balaban J connectivity index is 1.53. The van der Waals surface area contributed by atoms with Gasteiger partial charge in [0, 0.05) is 48.7 Å². The van der Waals surface area contributed by atoms with Crippen LogP contribution < -0.4 is 10.1 Å². The molecule has 2 aromatic heterocycles. The molecule has 3 heterocycles. The minimum Gasteiger partial charge on any atom is -0.490 e. The SMILES string of the molecule is C=CCN1CCCC[C@@H](n2c(NC(=O)c3ccnc(C)c3)nc3cc(O[C@H]4CCCCC(C)C4)cc(Cl)c32)C1. The zero-order valence-electron chi connectivity index (χ0n) is 23.2. The fourth-order valence-corrected chi connectivity index (χ4v) is 6.43. The number of nitrogens with one attached hydrogen (secondary N) is 1. The number of anilines is 1. The Labute approximate surface area is 236 Å². The van der Waals surface area contributed by atoms with Crippen molar-refractivity contribution in [1.29, 1.82) is 0 Å². The number of ether oxygens (including phenoxy) is 1. The fourth-order valence-electron chi connectivity index (χ4n) is 6.13. The predicted molar refractivity (Wildman–Crippen MR) is 158 cm³/mol. The summed E-state index contributed by atoms with van der Waals surface area (Å²) in [7, 11) is 0. The molecule has 1 N–H and O–H groups in total. The van der Waals surface area contributed by atoms with Gasteiger partial charge in [-0.2, -0.15) is 0 Å². The molecule has 0 radical (unpaired) electrons. The molecule has 0 spiro atoms. The van der Waals surface area contributed by atoms with Crippen LogP contribution in [0.5, 0.6) is 5.75 Å². The lowest BCUT2D eigenvalue weighted by Gasteiger charge is -2.26. The minimum absolute atomic E-state index is 0.110. The Bertz CT molecular complexity index is 1320. The van der Waals surface area contributed by atoms with E-state index in [0.717, 1.165) is 74.2 Å². The Morgan fingerprint density at radius 1 is 1.21 bits per heavy atom. The van der Waals surface area contributed by atoms with Crippen LogP contribution in [0.15, 0.2) is 43.1 Å². The number of pyridine rings is 1. The number of nitrogens with zero attached hydrogens (tertiary/aromatic N) is 4. The smallest absolute Gasteiger partial charge is 0.258 e. The van der Waals surface area contributed by atoms with E-state index in [2.05, 4.69) is 33.3 Å². The summed E-state index contributed by atoms with van der Waals surface area (Å²) in [5.41, 5.74) is 2.91. The lowest BCUT2D eigenvalue weighted by atomic mass is 10.0. The Hall–Kier alpha value is -2.90. The van der Waals surface area contributed by atoms with Crippen LogP contribution in [0.1, 0.15) is 80.4 Å². The van der Waals surface area contributed by atoms with Gasteiger partial charge in [-0.25, -0.2) is 4.98 Å². The van der Waals surface area contributed by atoms with Crippen molar-refractivity contribution in [2.45, 2.75) is 77.4 Å². The van der Waals surface area contributed by atoms with Gasteiger partial charge in [-0.3, -0.25) is 20.0 Å². The van der Waals surface area contributed by atoms with E-state index in [1.54, 1.807) is 18.3 Å². The summed E-state index contributed by atoms with van der Waals surface area (Å²) in [6.45, 7) is 10.8. The number of aromatic nitrogens is 3. The quantitative estimate of drug-likeness (QED) is 0.249. The number of imidazole rings is 1. The van der Waals surface area contributed by atoms with E-state index in [4.69, 9.17) is 21.3 Å². The van der Waals surface area contributed by atoms with Crippen LogP contribution in [0.2, 0.25) is 5.02 Å². The van der Waals surface area contributed by atoms with Gasteiger partial charge in [-0.05, 0) is 63.6 Å². The highest BCUT2D eigenvalue weighted by Crippen LogP contribution is 2.37. The number of carbonyl (C=O) groups is 1. The number of halogens is 1. The van der Waals surface area contributed by atoms with E-state index in [1.165, 1.54) is 19.3 Å². The highest BCUT2D eigenvalue weighted by Gasteiger charge is 2.27. The first-order valence-electron chi connectivity index (χ1n) is 14.4. The van der Waals surface area contributed by atoms with Crippen molar-refractivity contribution in [3.63, 3.8) is 0 Å². The van der Waals surface area contributed by atoms with Crippen LogP contribution in [0.25, 0.3) is 11.0 Å². The number of likely N-dealkylation sites (tertiary alicyclic amines) is 1. The fraction of sp³-hybridized carbons (Fsp3) is 0.516. The molecule has 8 heteroatoms. The third-order valence-corrected chi connectivity index (χ3v) is 8.31. The largest absolute Gasteiger partial charge is 0.490 e. The van der Waals surface area contributed by atoms with Gasteiger partial charge < -0.3 is 9.30 Å². The molecule has 1 saturated heterocycles. The van der Waals surface area contributed by atoms with Gasteiger partial charge in [0.2, 0.25) is 5.95 Å². The van der Waals surface area contributed by atoms with Gasteiger partial charge in [-0.1, -0.05) is 43.9 Å². The van der Waals surface area contributed by atoms with E-state index < -0.39 is 0 Å². The molecule has 208 valence electrons. The second-order valence-electron chi connectivity index (χ2n) is 11.3. The highest BCUT2D eigenvalue weighted by molar-refractivity contribution is 6.35. The second-order valence-corrected chi connectivity index (χ2v) is 11.7. The summed E-state index contributed by atoms with van der Waals surface area (Å²) in [6, 6.07) is 7.52. The van der Waals surface area contributed by atoms with Crippen molar-refractivity contribution < 1.29 is 9.53 Å². The molecule has 1 aliphatic carbocycles. The summed E-state index contributed by atoms with van der Waals surface area (Å²) in [5.74, 6) is 1.70. The third-order valence-electron chi connectivity index (χ3n) is 8.02. The molecular weight excluding hydrogens is 510 g/mol. The van der Waals surface area contributed by atoms with Gasteiger partial charge in [0.05, 0.1) is 22.2 Å². The molecule has 1 aromatic carbocycles. The maximum atomic E-state index is 13.3. The Morgan fingerprint density at radius 3 is 2.85 bits per heavy atom. The highest BCUT2D eigenvalue weighted by atomic mass is 35.5. The number of carbonyl (C=O) groups excluding carboxylic acids is 1. The molecule has 39 heavy (non-hydrogen) atoms. The van der Waals surface area contributed by atoms with Crippen LogP contribution in [-0.4, -0.2) is 51.1 Å². The number of hydrogen-bond donors (Lipinski definition) is 1. The summed E-state index contributed by atoms with van der Waals surface area (Å²) in [4.78, 5) is 24.9. The number of benzene rings is 1. The first kappa shape index (κ1) is 27.7. The molecular formula is C31H40ClN5O2. The average molecular weight is 550 g/mol. The van der Waals surface area contributed by atoms with Crippen molar-refractivity contribution in [3.8, 4) is 5.75 Å². The van der Waals surface area contributed by atoms with E-state index >= 15 is 0 Å². The molecule has 5 rings (SSSR count). The molecule has 1 amide bonds. The average Bonchev–Trinajstić information content (AvgIpc) is 3.01. The van der Waals surface area contributed by atoms with Crippen molar-refractivity contribution in [3.05, 3.63) is 59.4 Å². The lowest BCUT2D eigenvalue weighted by Crippen LogP contribution is -2.30. The maximum absolute atomic E-state index is 13.3. The molecule has 7 nitrogen and oxygen atoms in total. The molecule has 2 fully saturated rings. The van der Waals surface area contributed by atoms with Crippen LogP contribution in [0, 0.1) is 12.8 Å². The lowest BCUT2D eigenvalue weighted by molar-refractivity contribution is 0.102. The normalized spacial score (nSPS) is 22.7. The van der Waals surface area contributed by atoms with Crippen LogP contribution in [0.3, 0.4) is 0 Å². The molecule has 1 unspecified atom stereocenters. The third kappa shape index (κ3) is 6.64. The number of hydrogen-bond acceptors (Lipinski definition) is 5. The zero-order chi connectivity index (χ0) is 27.4. The van der Waals surface area contributed by atoms with Crippen LogP contribution in [-0.2, 0) is 0 Å². The molecule has 1 aliphatic heterocycles. The van der Waals surface area contributed by atoms with Crippen molar-refractivity contribution in [2.75, 3.05) is 25.0 Å². The van der Waals surface area contributed by atoms with Crippen LogP contribution >= 0.6 is 11.6 Å². The first-order chi connectivity index (χ1) is 18.9. The molecule has 1 saturated carbocycles. The Morgan fingerprint density at radius 2 is 2.03 bits per heavy atom. The zero-order valence-corrected chi connectivity index (χ0v) is 23.9. The summed E-state index contributed by atoms with van der Waals surface area (Å²) >= 11 is 7.00. The summed E-state index contributed by atoms with van der Waals surface area (Å²) in [5, 5.41) is 3.69. The standard InChI is InChI=1S/C31H40ClN5O2/c1-4-14-36-15-8-7-10-24(20-36)37-29-27(32)18-26(39-25-11-6-5-9-21(2)16-25)19-28(29)34-31(37)35-30(38)23-12-13-33-22(3)17-23/h4,12-13,17-19,21,24-25H,1,5-11,14-16,20H2,2-3H3,(H,34,35,38)/t21?,24-,25+/m1/s1.